The van der Waals surface area contributed by atoms with Crippen LogP contribution in [0.15, 0.2) is 41.6 Å². The van der Waals surface area contributed by atoms with E-state index in [4.69, 9.17) is 4.74 Å². The van der Waals surface area contributed by atoms with Gasteiger partial charge in [0.15, 0.2) is 5.69 Å². The van der Waals surface area contributed by atoms with Crippen LogP contribution in [0, 0.1) is 20.8 Å². The summed E-state index contributed by atoms with van der Waals surface area (Å²) in [5.74, 6) is 0.576. The van der Waals surface area contributed by atoms with Crippen LogP contribution in [-0.4, -0.2) is 30.0 Å². The summed E-state index contributed by atoms with van der Waals surface area (Å²) in [5, 5.41) is 12.5. The Morgan fingerprint density at radius 3 is 2.62 bits per heavy atom. The summed E-state index contributed by atoms with van der Waals surface area (Å²) < 4.78 is 5.77. The van der Waals surface area contributed by atoms with Crippen molar-refractivity contribution in [2.75, 3.05) is 13.2 Å². The standard InChI is InChI=1S/C19H20N2O3/c1-12-5-4-6-15(10-12)24-8-7-21-18-14(3)9-13(2)11-16(18)17(20-23)19(21)22/h4-6,9-11,23H,7-8H2,1-3H3/p+1. The Labute approximate surface area is 141 Å². The van der Waals surface area contributed by atoms with Gasteiger partial charge in [-0.25, -0.2) is 9.69 Å². The number of hydrogen-bond donors (Lipinski definition) is 2. The summed E-state index contributed by atoms with van der Waals surface area (Å²) in [6.07, 6.45) is 0. The lowest BCUT2D eigenvalue weighted by molar-refractivity contribution is -0.742. The molecule has 5 heteroatoms. The first-order valence-electron chi connectivity index (χ1n) is 7.95. The van der Waals surface area contributed by atoms with Gasteiger partial charge in [-0.05, 0) is 50.1 Å². The molecule has 1 heterocycles. The Balaban J connectivity index is 1.81. The molecule has 5 nitrogen and oxygen atoms in total. The van der Waals surface area contributed by atoms with Crippen LogP contribution in [0.3, 0.4) is 0 Å². The fourth-order valence-corrected chi connectivity index (χ4v) is 3.25. The van der Waals surface area contributed by atoms with Gasteiger partial charge in [0, 0.05) is 5.56 Å². The van der Waals surface area contributed by atoms with Crippen LogP contribution in [0.5, 0.6) is 5.75 Å². The van der Waals surface area contributed by atoms with Crippen molar-refractivity contribution >= 4 is 17.3 Å². The Hall–Kier alpha value is -2.66. The maximum atomic E-state index is 12.6. The summed E-state index contributed by atoms with van der Waals surface area (Å²) in [4.78, 5) is 13.2. The largest absolute Gasteiger partial charge is 0.488 e. The number of quaternary nitrogens is 1. The molecule has 2 aromatic carbocycles. The molecule has 124 valence electrons. The topological polar surface area (TPSA) is 63.3 Å². The third-order valence-electron chi connectivity index (χ3n) is 4.24. The quantitative estimate of drug-likeness (QED) is 0.667. The summed E-state index contributed by atoms with van der Waals surface area (Å²) in [6.45, 7) is 6.82. The minimum atomic E-state index is -0.214. The summed E-state index contributed by atoms with van der Waals surface area (Å²) in [5.41, 5.74) is 4.91. The highest BCUT2D eigenvalue weighted by molar-refractivity contribution is 6.45. The molecule has 0 aromatic heterocycles. The van der Waals surface area contributed by atoms with Crippen LogP contribution in [0.25, 0.3) is 0 Å². The number of fused-ring (bicyclic) bond motifs is 1. The van der Waals surface area contributed by atoms with Crippen LogP contribution in [-0.2, 0) is 4.79 Å². The van der Waals surface area contributed by atoms with Crippen molar-refractivity contribution < 1.29 is 19.6 Å². The van der Waals surface area contributed by atoms with E-state index in [0.29, 0.717) is 23.6 Å². The minimum absolute atomic E-state index is 0.127. The van der Waals surface area contributed by atoms with E-state index in [1.807, 2.05) is 57.2 Å². The second kappa shape index (κ2) is 6.45. The summed E-state index contributed by atoms with van der Waals surface area (Å²) in [6, 6.07) is 11.7. The zero-order valence-corrected chi connectivity index (χ0v) is 14.1. The maximum absolute atomic E-state index is 12.6. The third-order valence-corrected chi connectivity index (χ3v) is 4.24. The fraction of sp³-hybridized carbons (Fsp3) is 0.263. The van der Waals surface area contributed by atoms with Crippen LogP contribution in [0.4, 0.5) is 5.69 Å². The molecule has 3 rings (SSSR count). The molecule has 2 N–H and O–H groups in total. The molecule has 1 aliphatic rings. The van der Waals surface area contributed by atoms with Gasteiger partial charge in [-0.2, -0.15) is 0 Å². The van der Waals surface area contributed by atoms with Crippen molar-refractivity contribution in [3.05, 3.63) is 58.7 Å². The zero-order chi connectivity index (χ0) is 17.3. The summed E-state index contributed by atoms with van der Waals surface area (Å²) in [7, 11) is 0. The van der Waals surface area contributed by atoms with Crippen molar-refractivity contribution in [1.82, 2.24) is 0 Å². The van der Waals surface area contributed by atoms with Gasteiger partial charge >= 0.3 is 5.91 Å². The number of nitrogens with one attached hydrogen (secondary N) is 1. The van der Waals surface area contributed by atoms with E-state index in [-0.39, 0.29) is 11.6 Å². The lowest BCUT2D eigenvalue weighted by Gasteiger charge is -2.14. The van der Waals surface area contributed by atoms with Crippen LogP contribution in [0.1, 0.15) is 22.3 Å². The van der Waals surface area contributed by atoms with Gasteiger partial charge in [-0.1, -0.05) is 23.4 Å². The van der Waals surface area contributed by atoms with Gasteiger partial charge in [0.1, 0.15) is 18.9 Å². The number of aryl methyl sites for hydroxylation is 3. The predicted octanol–water partition coefficient (Wildman–Crippen LogP) is 1.93. The van der Waals surface area contributed by atoms with E-state index in [1.54, 1.807) is 0 Å². The second-order valence-electron chi connectivity index (χ2n) is 6.18. The predicted molar refractivity (Wildman–Crippen MR) is 91.4 cm³/mol. The van der Waals surface area contributed by atoms with E-state index in [2.05, 4.69) is 5.16 Å². The molecular formula is C19H21N2O3+. The molecule has 2 aromatic rings. The molecular weight excluding hydrogens is 304 g/mol. The highest BCUT2D eigenvalue weighted by atomic mass is 16.5. The van der Waals surface area contributed by atoms with Gasteiger partial charge in [0.05, 0.1) is 5.56 Å². The first-order valence-corrected chi connectivity index (χ1v) is 7.95. The van der Waals surface area contributed by atoms with Gasteiger partial charge in [-0.3, -0.25) is 0 Å². The Bertz CT molecular complexity index is 827. The molecule has 1 aliphatic heterocycles. The molecule has 0 aliphatic carbocycles. The average molecular weight is 325 g/mol. The van der Waals surface area contributed by atoms with E-state index < -0.39 is 0 Å². The molecule has 0 saturated heterocycles. The molecule has 0 fully saturated rings. The third kappa shape index (κ3) is 2.90. The Morgan fingerprint density at radius 2 is 1.92 bits per heavy atom. The molecule has 1 amide bonds. The average Bonchev–Trinajstić information content (AvgIpc) is 2.79. The Kier molecular flexibility index (Phi) is 4.36. The van der Waals surface area contributed by atoms with Crippen LogP contribution in [0.2, 0.25) is 0 Å². The number of oxime groups is 1. The molecule has 1 atom stereocenters. The molecule has 24 heavy (non-hydrogen) atoms. The minimum Gasteiger partial charge on any atom is -0.488 e. The number of hydrogen-bond acceptors (Lipinski definition) is 4. The number of benzene rings is 2. The first-order chi connectivity index (χ1) is 11.5. The lowest BCUT2D eigenvalue weighted by atomic mass is 10.0. The van der Waals surface area contributed by atoms with Gasteiger partial charge in [0.2, 0.25) is 5.71 Å². The highest BCUT2D eigenvalue weighted by Crippen LogP contribution is 2.24. The number of rotatable bonds is 4. The van der Waals surface area contributed by atoms with E-state index >= 15 is 0 Å². The van der Waals surface area contributed by atoms with Gasteiger partial charge in [-0.15, -0.1) is 0 Å². The molecule has 0 saturated carbocycles. The monoisotopic (exact) mass is 325 g/mol. The number of carbonyl (C=O) groups excluding carboxylic acids is 1. The van der Waals surface area contributed by atoms with Crippen LogP contribution < -0.4 is 9.64 Å². The molecule has 1 unspecified atom stereocenters. The normalized spacial score (nSPS) is 18.0. The molecule has 0 spiro atoms. The lowest BCUT2D eigenvalue weighted by Crippen LogP contribution is -3.10. The van der Waals surface area contributed by atoms with E-state index in [9.17, 15) is 10.0 Å². The Morgan fingerprint density at radius 1 is 1.12 bits per heavy atom. The fourth-order valence-electron chi connectivity index (χ4n) is 3.25. The first kappa shape index (κ1) is 16.2. The number of nitrogens with zero attached hydrogens (tertiary/aromatic N) is 1. The zero-order valence-electron chi connectivity index (χ0n) is 14.1. The van der Waals surface area contributed by atoms with E-state index in [0.717, 1.165) is 28.1 Å². The number of ether oxygens (including phenoxy) is 1. The molecule has 0 bridgehead atoms. The van der Waals surface area contributed by atoms with Crippen molar-refractivity contribution in [2.24, 2.45) is 5.16 Å². The van der Waals surface area contributed by atoms with Gasteiger partial charge in [0.25, 0.3) is 0 Å². The maximum Gasteiger partial charge on any atom is 0.372 e. The van der Waals surface area contributed by atoms with Crippen molar-refractivity contribution in [3.63, 3.8) is 0 Å². The summed E-state index contributed by atoms with van der Waals surface area (Å²) >= 11 is 0. The van der Waals surface area contributed by atoms with Crippen molar-refractivity contribution in [2.45, 2.75) is 20.8 Å². The van der Waals surface area contributed by atoms with Crippen molar-refractivity contribution in [1.29, 1.82) is 0 Å². The highest BCUT2D eigenvalue weighted by Gasteiger charge is 2.41. The van der Waals surface area contributed by atoms with E-state index in [1.165, 1.54) is 0 Å². The van der Waals surface area contributed by atoms with Gasteiger partial charge < -0.3 is 9.94 Å². The van der Waals surface area contributed by atoms with Crippen molar-refractivity contribution in [3.8, 4) is 5.75 Å². The van der Waals surface area contributed by atoms with Crippen LogP contribution >= 0.6 is 0 Å². The number of carbonyl (C=O) groups is 1. The molecule has 0 radical (unpaired) electrons. The second-order valence-corrected chi connectivity index (χ2v) is 6.18. The SMILES string of the molecule is Cc1cccc(OCC[NH+]2C(=O)C(=NO)c3cc(C)cc(C)c32)c1. The number of amides is 1. The smallest absolute Gasteiger partial charge is 0.372 e.